The average molecular weight is 336 g/mol. The molecular formula is C16H24N4O4. The maximum Gasteiger partial charge on any atom is 0.307 e. The number of hydrogen-bond acceptors (Lipinski definition) is 5. The summed E-state index contributed by atoms with van der Waals surface area (Å²) >= 11 is 0. The molecule has 1 rings (SSSR count). The second-order valence-corrected chi connectivity index (χ2v) is 5.63. The van der Waals surface area contributed by atoms with Crippen molar-refractivity contribution in [3.63, 3.8) is 0 Å². The lowest BCUT2D eigenvalue weighted by Crippen LogP contribution is -2.34. The van der Waals surface area contributed by atoms with Gasteiger partial charge in [0.1, 0.15) is 11.5 Å². The van der Waals surface area contributed by atoms with Crippen LogP contribution >= 0.6 is 0 Å². The van der Waals surface area contributed by atoms with E-state index >= 15 is 0 Å². The number of rotatable bonds is 10. The molecule has 8 heteroatoms. The summed E-state index contributed by atoms with van der Waals surface area (Å²) in [4.78, 5) is 27.3. The number of guanidine groups is 1. The summed E-state index contributed by atoms with van der Waals surface area (Å²) in [6, 6.07) is 5.48. The molecule has 8 N–H and O–H groups in total. The van der Waals surface area contributed by atoms with Gasteiger partial charge in [0.25, 0.3) is 0 Å². The zero-order chi connectivity index (χ0) is 18.1. The van der Waals surface area contributed by atoms with E-state index in [1.54, 1.807) is 12.1 Å². The molecule has 0 saturated carbocycles. The SMILES string of the molecule is NC(N)=NCCC[C@H](N)C(=O)C[C@H](Cc1ccc(O)cc1)C(=O)O. The van der Waals surface area contributed by atoms with E-state index in [0.717, 1.165) is 5.56 Å². The van der Waals surface area contributed by atoms with Gasteiger partial charge in [-0.3, -0.25) is 14.6 Å². The van der Waals surface area contributed by atoms with Crippen LogP contribution in [0.25, 0.3) is 0 Å². The van der Waals surface area contributed by atoms with Gasteiger partial charge in [0.15, 0.2) is 5.96 Å². The largest absolute Gasteiger partial charge is 0.508 e. The van der Waals surface area contributed by atoms with Gasteiger partial charge >= 0.3 is 5.97 Å². The molecule has 0 aromatic heterocycles. The minimum atomic E-state index is -1.05. The van der Waals surface area contributed by atoms with Gasteiger partial charge in [0.2, 0.25) is 0 Å². The zero-order valence-corrected chi connectivity index (χ0v) is 13.4. The minimum Gasteiger partial charge on any atom is -0.508 e. The summed E-state index contributed by atoms with van der Waals surface area (Å²) in [7, 11) is 0. The van der Waals surface area contributed by atoms with Crippen LogP contribution in [0.1, 0.15) is 24.8 Å². The lowest BCUT2D eigenvalue weighted by Gasteiger charge is -2.15. The molecule has 1 aromatic carbocycles. The third-order valence-corrected chi connectivity index (χ3v) is 3.60. The maximum absolute atomic E-state index is 12.1. The van der Waals surface area contributed by atoms with Crippen molar-refractivity contribution in [3.05, 3.63) is 29.8 Å². The lowest BCUT2D eigenvalue weighted by molar-refractivity contribution is -0.143. The molecule has 0 heterocycles. The van der Waals surface area contributed by atoms with Crippen LogP contribution in [0.2, 0.25) is 0 Å². The monoisotopic (exact) mass is 336 g/mol. The fraction of sp³-hybridized carbons (Fsp3) is 0.438. The van der Waals surface area contributed by atoms with Gasteiger partial charge in [-0.2, -0.15) is 0 Å². The molecule has 0 aliphatic heterocycles. The molecule has 2 atom stereocenters. The fourth-order valence-corrected chi connectivity index (χ4v) is 2.24. The van der Waals surface area contributed by atoms with Crippen LogP contribution in [0.3, 0.4) is 0 Å². The number of aliphatic imine (C=N–C) groups is 1. The Hall–Kier alpha value is -2.61. The third-order valence-electron chi connectivity index (χ3n) is 3.60. The van der Waals surface area contributed by atoms with Gasteiger partial charge in [-0.15, -0.1) is 0 Å². The van der Waals surface area contributed by atoms with Crippen LogP contribution in [-0.4, -0.2) is 40.5 Å². The smallest absolute Gasteiger partial charge is 0.307 e. The Morgan fingerprint density at radius 1 is 1.17 bits per heavy atom. The van der Waals surface area contributed by atoms with Crippen LogP contribution in [0, 0.1) is 5.92 Å². The first kappa shape index (κ1) is 19.4. The van der Waals surface area contributed by atoms with Gasteiger partial charge < -0.3 is 27.4 Å². The molecule has 24 heavy (non-hydrogen) atoms. The van der Waals surface area contributed by atoms with E-state index in [-0.39, 0.29) is 30.3 Å². The van der Waals surface area contributed by atoms with Gasteiger partial charge in [-0.25, -0.2) is 0 Å². The molecule has 0 spiro atoms. The number of carbonyl (C=O) groups is 2. The molecule has 1 aromatic rings. The number of phenols is 1. The molecule has 132 valence electrons. The van der Waals surface area contributed by atoms with E-state index in [1.165, 1.54) is 12.1 Å². The van der Waals surface area contributed by atoms with Crippen LogP contribution in [0.15, 0.2) is 29.3 Å². The zero-order valence-electron chi connectivity index (χ0n) is 13.4. The molecule has 0 radical (unpaired) electrons. The van der Waals surface area contributed by atoms with E-state index in [4.69, 9.17) is 17.2 Å². The average Bonchev–Trinajstić information content (AvgIpc) is 2.52. The highest BCUT2D eigenvalue weighted by Gasteiger charge is 2.24. The standard InChI is InChI=1S/C16H24N4O4/c17-13(2-1-7-20-16(18)19)14(22)9-11(15(23)24)8-10-3-5-12(21)6-4-10/h3-6,11,13,21H,1-2,7-9,17H2,(H,23,24)(H4,18,19,20)/t11-,13-/m0/s1. The number of carboxylic acids is 1. The number of carbonyl (C=O) groups excluding carboxylic acids is 1. The highest BCUT2D eigenvalue weighted by molar-refractivity contribution is 5.87. The topological polar surface area (TPSA) is 165 Å². The summed E-state index contributed by atoms with van der Waals surface area (Å²) < 4.78 is 0. The van der Waals surface area contributed by atoms with Crippen molar-refractivity contribution >= 4 is 17.7 Å². The van der Waals surface area contributed by atoms with Crippen LogP contribution < -0.4 is 17.2 Å². The Morgan fingerprint density at radius 2 is 1.79 bits per heavy atom. The van der Waals surface area contributed by atoms with E-state index in [0.29, 0.717) is 19.4 Å². The summed E-state index contributed by atoms with van der Waals surface area (Å²) in [6.45, 7) is 0.374. The van der Waals surface area contributed by atoms with Gasteiger partial charge in [-0.05, 0) is 37.0 Å². The number of benzene rings is 1. The first-order valence-corrected chi connectivity index (χ1v) is 7.64. The lowest BCUT2D eigenvalue weighted by atomic mass is 9.91. The molecule has 0 aliphatic rings. The highest BCUT2D eigenvalue weighted by Crippen LogP contribution is 2.17. The normalized spacial score (nSPS) is 13.0. The van der Waals surface area contributed by atoms with Crippen molar-refractivity contribution < 1.29 is 19.8 Å². The molecule has 0 amide bonds. The van der Waals surface area contributed by atoms with Gasteiger partial charge in [0.05, 0.1) is 12.0 Å². The van der Waals surface area contributed by atoms with Crippen molar-refractivity contribution in [2.75, 3.05) is 6.54 Å². The summed E-state index contributed by atoms with van der Waals surface area (Å²) in [5, 5.41) is 18.6. The molecule has 0 saturated heterocycles. The number of phenolic OH excluding ortho intramolecular Hbond substituents is 1. The minimum absolute atomic E-state index is 0.0188. The first-order valence-electron chi connectivity index (χ1n) is 7.64. The van der Waals surface area contributed by atoms with Gasteiger partial charge in [0, 0.05) is 13.0 Å². The summed E-state index contributed by atoms with van der Waals surface area (Å²) in [5.74, 6) is -2.12. The van der Waals surface area contributed by atoms with E-state index in [9.17, 15) is 19.8 Å². The maximum atomic E-state index is 12.1. The number of nitrogens with two attached hydrogens (primary N) is 3. The van der Waals surface area contributed by atoms with Crippen molar-refractivity contribution in [1.82, 2.24) is 0 Å². The Labute approximate surface area is 140 Å². The van der Waals surface area contributed by atoms with E-state index in [1.807, 2.05) is 0 Å². The van der Waals surface area contributed by atoms with Gasteiger partial charge in [-0.1, -0.05) is 12.1 Å². The van der Waals surface area contributed by atoms with Crippen LogP contribution in [-0.2, 0) is 16.0 Å². The van der Waals surface area contributed by atoms with E-state index < -0.39 is 17.9 Å². The number of carboxylic acid groups (broad SMARTS) is 1. The summed E-state index contributed by atoms with van der Waals surface area (Å²) in [5.41, 5.74) is 16.9. The third kappa shape index (κ3) is 7.10. The molecular weight excluding hydrogens is 312 g/mol. The van der Waals surface area contributed by atoms with Crippen molar-refractivity contribution in [2.24, 2.45) is 28.1 Å². The Bertz CT molecular complexity index is 582. The number of aromatic hydroxyl groups is 1. The Morgan fingerprint density at radius 3 is 2.33 bits per heavy atom. The second kappa shape index (κ2) is 9.51. The molecule has 0 unspecified atom stereocenters. The predicted octanol–water partition coefficient (Wildman–Crippen LogP) is -0.0244. The van der Waals surface area contributed by atoms with Crippen molar-refractivity contribution in [3.8, 4) is 5.75 Å². The molecule has 8 nitrogen and oxygen atoms in total. The van der Waals surface area contributed by atoms with Crippen LogP contribution in [0.4, 0.5) is 0 Å². The Balaban J connectivity index is 2.54. The van der Waals surface area contributed by atoms with Crippen LogP contribution in [0.5, 0.6) is 5.75 Å². The number of ketones is 1. The number of hydrogen-bond donors (Lipinski definition) is 5. The fourth-order valence-electron chi connectivity index (χ4n) is 2.24. The highest BCUT2D eigenvalue weighted by atomic mass is 16.4. The van der Waals surface area contributed by atoms with Crippen molar-refractivity contribution in [1.29, 1.82) is 0 Å². The molecule has 0 aliphatic carbocycles. The van der Waals surface area contributed by atoms with E-state index in [2.05, 4.69) is 4.99 Å². The Kier molecular flexibility index (Phi) is 7.70. The number of nitrogens with zero attached hydrogens (tertiary/aromatic N) is 1. The summed E-state index contributed by atoms with van der Waals surface area (Å²) in [6.07, 6.45) is 0.989. The number of aliphatic carboxylic acids is 1. The molecule has 0 fully saturated rings. The molecule has 0 bridgehead atoms. The number of Topliss-reactive ketones (excluding diaryl/α,β-unsaturated/α-hetero) is 1. The second-order valence-electron chi connectivity index (χ2n) is 5.63. The predicted molar refractivity (Wildman–Crippen MR) is 90.4 cm³/mol. The van der Waals surface area contributed by atoms with Crippen molar-refractivity contribution in [2.45, 2.75) is 31.7 Å². The quantitative estimate of drug-likeness (QED) is 0.227. The first-order chi connectivity index (χ1) is 11.3.